The van der Waals surface area contributed by atoms with Crippen LogP contribution in [0.3, 0.4) is 0 Å². The normalized spacial score (nSPS) is 11.6. The topological polar surface area (TPSA) is 80.3 Å². The molecule has 32 heavy (non-hydrogen) atoms. The first-order valence-corrected chi connectivity index (χ1v) is 10.4. The molecule has 0 saturated carbocycles. The highest BCUT2D eigenvalue weighted by atomic mass is 19.1. The number of halogens is 1. The zero-order valence-corrected chi connectivity index (χ0v) is 18.0. The van der Waals surface area contributed by atoms with Gasteiger partial charge in [0, 0.05) is 25.2 Å². The molecule has 0 fully saturated rings. The van der Waals surface area contributed by atoms with Gasteiger partial charge in [0.2, 0.25) is 17.7 Å². The van der Waals surface area contributed by atoms with Crippen molar-refractivity contribution in [3.63, 3.8) is 0 Å². The number of carbonyl (C=O) groups is 2. The summed E-state index contributed by atoms with van der Waals surface area (Å²) in [5.41, 5.74) is 1.47. The van der Waals surface area contributed by atoms with Crippen molar-refractivity contribution in [3.05, 3.63) is 89.9 Å². The molecule has 1 unspecified atom stereocenters. The molecular weight excluding hydrogens is 409 g/mol. The Hall–Kier alpha value is -3.74. The van der Waals surface area contributed by atoms with E-state index in [1.807, 2.05) is 32.0 Å². The van der Waals surface area contributed by atoms with E-state index in [4.69, 9.17) is 4.74 Å². The quantitative estimate of drug-likeness (QED) is 0.517. The van der Waals surface area contributed by atoms with Gasteiger partial charge in [0.05, 0.1) is 0 Å². The molecule has 2 N–H and O–H groups in total. The van der Waals surface area contributed by atoms with E-state index in [-0.39, 0.29) is 30.1 Å². The lowest BCUT2D eigenvalue weighted by atomic mass is 10.0. The predicted molar refractivity (Wildman–Crippen MR) is 119 cm³/mol. The highest BCUT2D eigenvalue weighted by Gasteiger charge is 2.22. The average Bonchev–Trinajstić information content (AvgIpc) is 2.78. The fraction of sp³-hybridized carbons (Fsp3) is 0.240. The Morgan fingerprint density at radius 3 is 2.44 bits per heavy atom. The van der Waals surface area contributed by atoms with Crippen molar-refractivity contribution in [1.82, 2.24) is 15.6 Å². The summed E-state index contributed by atoms with van der Waals surface area (Å²) in [6.07, 6.45) is 1.91. The maximum atomic E-state index is 13.1. The zero-order valence-electron chi connectivity index (χ0n) is 18.0. The molecule has 0 aliphatic carbocycles. The van der Waals surface area contributed by atoms with Crippen LogP contribution in [0.1, 0.15) is 37.4 Å². The molecule has 1 aromatic heterocycles. The van der Waals surface area contributed by atoms with E-state index < -0.39 is 6.04 Å². The highest BCUT2D eigenvalue weighted by molar-refractivity contribution is 5.88. The first kappa shape index (κ1) is 22.9. The number of aromatic nitrogens is 1. The van der Waals surface area contributed by atoms with Gasteiger partial charge in [-0.3, -0.25) is 9.59 Å². The molecule has 0 saturated heterocycles. The van der Waals surface area contributed by atoms with Crippen molar-refractivity contribution < 1.29 is 18.7 Å². The third-order valence-corrected chi connectivity index (χ3v) is 4.60. The predicted octanol–water partition coefficient (Wildman–Crippen LogP) is 4.53. The van der Waals surface area contributed by atoms with E-state index in [1.54, 1.807) is 30.5 Å². The number of nitrogens with one attached hydrogen (secondary N) is 2. The molecule has 0 aliphatic heterocycles. The van der Waals surface area contributed by atoms with Crippen molar-refractivity contribution in [2.45, 2.75) is 32.9 Å². The van der Waals surface area contributed by atoms with E-state index in [9.17, 15) is 14.0 Å². The van der Waals surface area contributed by atoms with Gasteiger partial charge >= 0.3 is 0 Å². The van der Waals surface area contributed by atoms with E-state index in [2.05, 4.69) is 15.6 Å². The van der Waals surface area contributed by atoms with Gasteiger partial charge in [0.25, 0.3) is 0 Å². The second kappa shape index (κ2) is 11.0. The third kappa shape index (κ3) is 6.91. The fourth-order valence-corrected chi connectivity index (χ4v) is 3.07. The largest absolute Gasteiger partial charge is 0.439 e. The summed E-state index contributed by atoms with van der Waals surface area (Å²) in [7, 11) is 0. The number of hydrogen-bond donors (Lipinski definition) is 2. The van der Waals surface area contributed by atoms with Crippen LogP contribution in [0.4, 0.5) is 4.39 Å². The van der Waals surface area contributed by atoms with Crippen LogP contribution in [0, 0.1) is 11.7 Å². The maximum Gasteiger partial charge on any atom is 0.247 e. The van der Waals surface area contributed by atoms with Gasteiger partial charge in [-0.05, 0) is 47.4 Å². The number of amides is 2. The standard InChI is InChI=1S/C25H26FN3O3/c1-17(2)14-22(30)29-24(19-6-4-3-5-7-19)25(31)28-16-18-12-13-27-23(15-18)32-21-10-8-20(26)9-11-21/h3-13,15,17,24H,14,16H2,1-2H3,(H,28,31)(H,29,30). The summed E-state index contributed by atoms with van der Waals surface area (Å²) in [5.74, 6) is 0.125. The highest BCUT2D eigenvalue weighted by Crippen LogP contribution is 2.20. The van der Waals surface area contributed by atoms with Crippen molar-refractivity contribution in [2.75, 3.05) is 0 Å². The van der Waals surface area contributed by atoms with Gasteiger partial charge in [-0.15, -0.1) is 0 Å². The number of pyridine rings is 1. The first-order chi connectivity index (χ1) is 15.4. The molecule has 166 valence electrons. The van der Waals surface area contributed by atoms with Crippen LogP contribution in [-0.2, 0) is 16.1 Å². The molecule has 3 rings (SSSR count). The van der Waals surface area contributed by atoms with Crippen LogP contribution in [0.2, 0.25) is 0 Å². The number of rotatable bonds is 9. The Bertz CT molecular complexity index is 1040. The van der Waals surface area contributed by atoms with Gasteiger partial charge in [-0.25, -0.2) is 9.37 Å². The van der Waals surface area contributed by atoms with Crippen LogP contribution < -0.4 is 15.4 Å². The van der Waals surface area contributed by atoms with Gasteiger partial charge in [-0.1, -0.05) is 44.2 Å². The van der Waals surface area contributed by atoms with Crippen molar-refractivity contribution in [3.8, 4) is 11.6 Å². The molecule has 0 bridgehead atoms. The van der Waals surface area contributed by atoms with Crippen LogP contribution in [0.25, 0.3) is 0 Å². The molecule has 6 nitrogen and oxygen atoms in total. The van der Waals surface area contributed by atoms with Crippen LogP contribution in [0.15, 0.2) is 72.9 Å². The number of benzene rings is 2. The first-order valence-electron chi connectivity index (χ1n) is 10.4. The van der Waals surface area contributed by atoms with Crippen LogP contribution in [-0.4, -0.2) is 16.8 Å². The van der Waals surface area contributed by atoms with E-state index in [1.165, 1.54) is 24.3 Å². The molecule has 7 heteroatoms. The van der Waals surface area contributed by atoms with Crippen molar-refractivity contribution in [2.24, 2.45) is 5.92 Å². The minimum Gasteiger partial charge on any atom is -0.439 e. The smallest absolute Gasteiger partial charge is 0.247 e. The Morgan fingerprint density at radius 1 is 1.03 bits per heavy atom. The number of nitrogens with zero attached hydrogens (tertiary/aromatic N) is 1. The molecule has 1 heterocycles. The summed E-state index contributed by atoms with van der Waals surface area (Å²) >= 11 is 0. The monoisotopic (exact) mass is 435 g/mol. The Kier molecular flexibility index (Phi) is 7.91. The molecule has 1 atom stereocenters. The molecule has 2 amide bonds. The average molecular weight is 435 g/mol. The second-order valence-corrected chi connectivity index (χ2v) is 7.79. The summed E-state index contributed by atoms with van der Waals surface area (Å²) in [6, 6.07) is 17.4. The van der Waals surface area contributed by atoms with Gasteiger partial charge < -0.3 is 15.4 Å². The minimum absolute atomic E-state index is 0.178. The Labute approximate surface area is 186 Å². The lowest BCUT2D eigenvalue weighted by Gasteiger charge is -2.19. The lowest BCUT2D eigenvalue weighted by molar-refractivity contribution is -0.129. The van der Waals surface area contributed by atoms with Crippen LogP contribution in [0.5, 0.6) is 11.6 Å². The zero-order chi connectivity index (χ0) is 22.9. The van der Waals surface area contributed by atoms with Crippen LogP contribution >= 0.6 is 0 Å². The molecule has 0 aliphatic rings. The van der Waals surface area contributed by atoms with E-state index in [0.29, 0.717) is 23.6 Å². The fourth-order valence-electron chi connectivity index (χ4n) is 3.07. The number of hydrogen-bond acceptors (Lipinski definition) is 4. The lowest BCUT2D eigenvalue weighted by Crippen LogP contribution is -2.40. The summed E-state index contributed by atoms with van der Waals surface area (Å²) < 4.78 is 18.7. The molecule has 0 radical (unpaired) electrons. The van der Waals surface area contributed by atoms with E-state index >= 15 is 0 Å². The summed E-state index contributed by atoms with van der Waals surface area (Å²) in [4.78, 5) is 29.4. The Balaban J connectivity index is 1.66. The SMILES string of the molecule is CC(C)CC(=O)NC(C(=O)NCc1ccnc(Oc2ccc(F)cc2)c1)c1ccccc1. The van der Waals surface area contributed by atoms with Gasteiger partial charge in [-0.2, -0.15) is 0 Å². The van der Waals surface area contributed by atoms with Crippen molar-refractivity contribution in [1.29, 1.82) is 0 Å². The number of carbonyl (C=O) groups excluding carboxylic acids is 2. The summed E-state index contributed by atoms with van der Waals surface area (Å²) in [6.45, 7) is 4.13. The molecule has 3 aromatic rings. The molecule has 0 spiro atoms. The molecule has 2 aromatic carbocycles. The van der Waals surface area contributed by atoms with Crippen molar-refractivity contribution >= 4 is 11.8 Å². The van der Waals surface area contributed by atoms with E-state index in [0.717, 1.165) is 5.56 Å². The minimum atomic E-state index is -0.792. The summed E-state index contributed by atoms with van der Waals surface area (Å²) in [5, 5.41) is 5.70. The van der Waals surface area contributed by atoms with Gasteiger partial charge in [0.1, 0.15) is 17.6 Å². The third-order valence-electron chi connectivity index (χ3n) is 4.60. The maximum absolute atomic E-state index is 13.1. The molecular formula is C25H26FN3O3. The second-order valence-electron chi connectivity index (χ2n) is 7.79. The number of ether oxygens (including phenoxy) is 1. The Morgan fingerprint density at radius 2 is 1.75 bits per heavy atom. The van der Waals surface area contributed by atoms with Gasteiger partial charge in [0.15, 0.2) is 0 Å².